The van der Waals surface area contributed by atoms with Crippen LogP contribution in [-0.4, -0.2) is 57.4 Å². The second-order valence-corrected chi connectivity index (χ2v) is 4.94. The van der Waals surface area contributed by atoms with Gasteiger partial charge in [0, 0.05) is 44.5 Å². The Kier molecular flexibility index (Phi) is 3.39. The number of hydrogen-bond donors (Lipinski definition) is 0. The number of piperazine rings is 1. The standard InChI is InChI=1S/C14H20N2O2/c1-17-13-4-2-3-12(9-13)16-7-5-15(6-8-16)10-14-11-18-14/h2-4,9,14H,5-8,10-11H2,1H3. The van der Waals surface area contributed by atoms with Crippen LogP contribution in [0.15, 0.2) is 24.3 Å². The van der Waals surface area contributed by atoms with Gasteiger partial charge in [-0.3, -0.25) is 4.90 Å². The molecule has 1 aromatic rings. The number of ether oxygens (including phenoxy) is 2. The molecule has 98 valence electrons. The molecule has 2 aliphatic heterocycles. The second-order valence-electron chi connectivity index (χ2n) is 4.94. The molecule has 0 bridgehead atoms. The molecule has 0 spiro atoms. The van der Waals surface area contributed by atoms with Crippen LogP contribution in [0.2, 0.25) is 0 Å². The Labute approximate surface area is 108 Å². The predicted molar refractivity (Wildman–Crippen MR) is 71.4 cm³/mol. The van der Waals surface area contributed by atoms with Crippen molar-refractivity contribution in [1.82, 2.24) is 4.90 Å². The normalized spacial score (nSPS) is 24.1. The molecule has 4 nitrogen and oxygen atoms in total. The third kappa shape index (κ3) is 2.76. The predicted octanol–water partition coefficient (Wildman–Crippen LogP) is 1.22. The number of rotatable bonds is 4. The molecule has 0 aliphatic carbocycles. The average molecular weight is 248 g/mol. The van der Waals surface area contributed by atoms with Crippen LogP contribution >= 0.6 is 0 Å². The molecule has 2 aliphatic rings. The first-order valence-corrected chi connectivity index (χ1v) is 6.58. The Hall–Kier alpha value is -1.26. The minimum Gasteiger partial charge on any atom is -0.497 e. The van der Waals surface area contributed by atoms with Crippen molar-refractivity contribution in [2.45, 2.75) is 6.10 Å². The van der Waals surface area contributed by atoms with Crippen LogP contribution in [0.1, 0.15) is 0 Å². The van der Waals surface area contributed by atoms with E-state index >= 15 is 0 Å². The summed E-state index contributed by atoms with van der Waals surface area (Å²) in [6.45, 7) is 6.47. The van der Waals surface area contributed by atoms with E-state index < -0.39 is 0 Å². The quantitative estimate of drug-likeness (QED) is 0.749. The smallest absolute Gasteiger partial charge is 0.120 e. The zero-order chi connectivity index (χ0) is 12.4. The Morgan fingerprint density at radius 1 is 1.28 bits per heavy atom. The minimum absolute atomic E-state index is 0.508. The summed E-state index contributed by atoms with van der Waals surface area (Å²) in [7, 11) is 1.71. The molecule has 0 N–H and O–H groups in total. The van der Waals surface area contributed by atoms with Gasteiger partial charge < -0.3 is 14.4 Å². The number of anilines is 1. The van der Waals surface area contributed by atoms with Gasteiger partial charge in [0.05, 0.1) is 19.8 Å². The number of epoxide rings is 1. The van der Waals surface area contributed by atoms with Crippen molar-refractivity contribution in [3.63, 3.8) is 0 Å². The monoisotopic (exact) mass is 248 g/mol. The van der Waals surface area contributed by atoms with Crippen molar-refractivity contribution >= 4 is 5.69 Å². The third-order valence-corrected chi connectivity index (χ3v) is 3.65. The molecule has 1 unspecified atom stereocenters. The fraction of sp³-hybridized carbons (Fsp3) is 0.571. The van der Waals surface area contributed by atoms with Gasteiger partial charge in [-0.1, -0.05) is 6.07 Å². The molecule has 4 heteroatoms. The lowest BCUT2D eigenvalue weighted by Crippen LogP contribution is -2.47. The lowest BCUT2D eigenvalue weighted by Gasteiger charge is -2.35. The summed E-state index contributed by atoms with van der Waals surface area (Å²) in [5, 5.41) is 0. The molecule has 2 saturated heterocycles. The van der Waals surface area contributed by atoms with Gasteiger partial charge in [-0.15, -0.1) is 0 Å². The largest absolute Gasteiger partial charge is 0.497 e. The second kappa shape index (κ2) is 5.16. The maximum atomic E-state index is 5.28. The molecule has 1 atom stereocenters. The fourth-order valence-electron chi connectivity index (χ4n) is 2.46. The Morgan fingerprint density at radius 3 is 2.72 bits per heavy atom. The summed E-state index contributed by atoms with van der Waals surface area (Å²) in [5.41, 5.74) is 1.26. The Morgan fingerprint density at radius 2 is 2.06 bits per heavy atom. The van der Waals surface area contributed by atoms with Gasteiger partial charge in [-0.25, -0.2) is 0 Å². The van der Waals surface area contributed by atoms with Gasteiger partial charge in [0.25, 0.3) is 0 Å². The van der Waals surface area contributed by atoms with Crippen molar-refractivity contribution < 1.29 is 9.47 Å². The van der Waals surface area contributed by atoms with E-state index in [-0.39, 0.29) is 0 Å². The van der Waals surface area contributed by atoms with E-state index in [9.17, 15) is 0 Å². The highest BCUT2D eigenvalue weighted by Gasteiger charge is 2.27. The first-order valence-electron chi connectivity index (χ1n) is 6.58. The highest BCUT2D eigenvalue weighted by molar-refractivity contribution is 5.51. The van der Waals surface area contributed by atoms with Crippen LogP contribution < -0.4 is 9.64 Å². The van der Waals surface area contributed by atoms with Gasteiger partial charge in [-0.2, -0.15) is 0 Å². The molecule has 2 fully saturated rings. The van der Waals surface area contributed by atoms with Gasteiger partial charge >= 0.3 is 0 Å². The van der Waals surface area contributed by atoms with E-state index in [1.807, 2.05) is 6.07 Å². The molecule has 3 rings (SSSR count). The number of methoxy groups -OCH3 is 1. The van der Waals surface area contributed by atoms with Gasteiger partial charge in [-0.05, 0) is 12.1 Å². The highest BCUT2D eigenvalue weighted by atomic mass is 16.6. The Balaban J connectivity index is 1.57. The van der Waals surface area contributed by atoms with Gasteiger partial charge in [0.1, 0.15) is 5.75 Å². The molecule has 1 aromatic carbocycles. The van der Waals surface area contributed by atoms with Crippen LogP contribution in [0, 0.1) is 0 Å². The highest BCUT2D eigenvalue weighted by Crippen LogP contribution is 2.22. The molecule has 0 aromatic heterocycles. The summed E-state index contributed by atoms with van der Waals surface area (Å²) >= 11 is 0. The van der Waals surface area contributed by atoms with Crippen LogP contribution in [0.5, 0.6) is 5.75 Å². The molecular weight excluding hydrogens is 228 g/mol. The number of nitrogens with zero attached hydrogens (tertiary/aromatic N) is 2. The maximum Gasteiger partial charge on any atom is 0.120 e. The van der Waals surface area contributed by atoms with E-state index in [1.54, 1.807) is 7.11 Å². The summed E-state index contributed by atoms with van der Waals surface area (Å²) in [6, 6.07) is 8.31. The molecule has 18 heavy (non-hydrogen) atoms. The number of hydrogen-bond acceptors (Lipinski definition) is 4. The Bertz CT molecular complexity index is 399. The molecule has 0 amide bonds. The SMILES string of the molecule is COc1cccc(N2CCN(CC3CO3)CC2)c1. The third-order valence-electron chi connectivity index (χ3n) is 3.65. The van der Waals surface area contributed by atoms with E-state index in [2.05, 4.69) is 28.0 Å². The van der Waals surface area contributed by atoms with Crippen molar-refractivity contribution in [1.29, 1.82) is 0 Å². The summed E-state index contributed by atoms with van der Waals surface area (Å²) in [6.07, 6.45) is 0.508. The lowest BCUT2D eigenvalue weighted by atomic mass is 10.2. The first kappa shape index (κ1) is 11.8. The van der Waals surface area contributed by atoms with Crippen LogP contribution in [0.25, 0.3) is 0 Å². The van der Waals surface area contributed by atoms with E-state index in [4.69, 9.17) is 9.47 Å². The topological polar surface area (TPSA) is 28.2 Å². The zero-order valence-electron chi connectivity index (χ0n) is 10.8. The molecular formula is C14H20N2O2. The lowest BCUT2D eigenvalue weighted by molar-refractivity contribution is 0.230. The van der Waals surface area contributed by atoms with Crippen molar-refractivity contribution in [2.75, 3.05) is 51.3 Å². The summed E-state index contributed by atoms with van der Waals surface area (Å²) in [4.78, 5) is 4.92. The number of benzene rings is 1. The summed E-state index contributed by atoms with van der Waals surface area (Å²) < 4.78 is 10.6. The van der Waals surface area contributed by atoms with Gasteiger partial charge in [0.15, 0.2) is 0 Å². The van der Waals surface area contributed by atoms with Crippen LogP contribution in [-0.2, 0) is 4.74 Å². The zero-order valence-corrected chi connectivity index (χ0v) is 10.8. The first-order chi connectivity index (χ1) is 8.85. The maximum absolute atomic E-state index is 5.28. The molecule has 2 heterocycles. The van der Waals surface area contributed by atoms with E-state index in [0.717, 1.165) is 45.1 Å². The molecule has 0 saturated carbocycles. The minimum atomic E-state index is 0.508. The fourth-order valence-corrected chi connectivity index (χ4v) is 2.46. The van der Waals surface area contributed by atoms with Crippen molar-refractivity contribution in [2.24, 2.45) is 0 Å². The van der Waals surface area contributed by atoms with E-state index in [0.29, 0.717) is 6.10 Å². The van der Waals surface area contributed by atoms with Crippen LogP contribution in [0.4, 0.5) is 5.69 Å². The van der Waals surface area contributed by atoms with Crippen molar-refractivity contribution in [3.05, 3.63) is 24.3 Å². The van der Waals surface area contributed by atoms with E-state index in [1.165, 1.54) is 5.69 Å². The van der Waals surface area contributed by atoms with Crippen LogP contribution in [0.3, 0.4) is 0 Å². The summed E-state index contributed by atoms with van der Waals surface area (Å²) in [5.74, 6) is 0.932. The van der Waals surface area contributed by atoms with Crippen molar-refractivity contribution in [3.8, 4) is 5.75 Å². The van der Waals surface area contributed by atoms with Gasteiger partial charge in [0.2, 0.25) is 0 Å². The molecule has 0 radical (unpaired) electrons. The average Bonchev–Trinajstić information content (AvgIpc) is 3.24.